The molecule has 2 aromatic carbocycles. The summed E-state index contributed by atoms with van der Waals surface area (Å²) in [6.45, 7) is 2.24. The van der Waals surface area contributed by atoms with Gasteiger partial charge >= 0.3 is 5.82 Å². The second kappa shape index (κ2) is 9.16. The fourth-order valence-electron chi connectivity index (χ4n) is 2.69. The van der Waals surface area contributed by atoms with Crippen LogP contribution in [0.4, 0.5) is 5.82 Å². The number of rotatable bonds is 8. The van der Waals surface area contributed by atoms with Gasteiger partial charge in [-0.05, 0) is 53.0 Å². The Morgan fingerprint density at radius 3 is 2.55 bits per heavy atom. The molecule has 0 bridgehead atoms. The van der Waals surface area contributed by atoms with Crippen LogP contribution in [0.1, 0.15) is 21.7 Å². The van der Waals surface area contributed by atoms with E-state index in [2.05, 4.69) is 4.98 Å². The van der Waals surface area contributed by atoms with Gasteiger partial charge in [-0.3, -0.25) is 4.79 Å². The number of halogens is 1. The molecule has 0 unspecified atom stereocenters. The molecule has 0 aliphatic heterocycles. The number of aromatic nitrogens is 2. The summed E-state index contributed by atoms with van der Waals surface area (Å²) in [6, 6.07) is 13.9. The van der Waals surface area contributed by atoms with Crippen LogP contribution in [0.15, 0.2) is 60.8 Å². The van der Waals surface area contributed by atoms with Crippen molar-refractivity contribution < 1.29 is 14.5 Å². The molecule has 0 aliphatic carbocycles. The Morgan fingerprint density at radius 1 is 1.21 bits per heavy atom. The molecule has 0 amide bonds. The summed E-state index contributed by atoms with van der Waals surface area (Å²) in [6.07, 6.45) is 4.46. The SMILES string of the molecule is Cc1ncc([N+](=O)[O-])n1CCOc1ccc(C(=O)/C=C/c2ccc(Cl)cc2)cc1. The van der Waals surface area contributed by atoms with E-state index in [0.29, 0.717) is 28.7 Å². The Morgan fingerprint density at radius 2 is 1.90 bits per heavy atom. The maximum Gasteiger partial charge on any atom is 0.342 e. The van der Waals surface area contributed by atoms with Gasteiger partial charge in [0, 0.05) is 17.5 Å². The van der Waals surface area contributed by atoms with Gasteiger partial charge in [-0.25, -0.2) is 9.55 Å². The summed E-state index contributed by atoms with van der Waals surface area (Å²) in [4.78, 5) is 26.7. The summed E-state index contributed by atoms with van der Waals surface area (Å²) in [5, 5.41) is 11.6. The van der Waals surface area contributed by atoms with E-state index in [4.69, 9.17) is 16.3 Å². The highest BCUT2D eigenvalue weighted by Gasteiger charge is 2.16. The zero-order valence-electron chi connectivity index (χ0n) is 15.6. The third-order valence-corrected chi connectivity index (χ3v) is 4.49. The van der Waals surface area contributed by atoms with Crippen molar-refractivity contribution in [3.63, 3.8) is 0 Å². The molecule has 8 heteroatoms. The van der Waals surface area contributed by atoms with Crippen molar-refractivity contribution in [1.82, 2.24) is 9.55 Å². The van der Waals surface area contributed by atoms with Crippen LogP contribution in [-0.4, -0.2) is 26.9 Å². The highest BCUT2D eigenvalue weighted by Crippen LogP contribution is 2.16. The lowest BCUT2D eigenvalue weighted by atomic mass is 10.1. The lowest BCUT2D eigenvalue weighted by Crippen LogP contribution is -2.11. The molecule has 0 fully saturated rings. The minimum atomic E-state index is -0.474. The Balaban J connectivity index is 1.56. The van der Waals surface area contributed by atoms with Crippen molar-refractivity contribution in [2.45, 2.75) is 13.5 Å². The normalized spacial score (nSPS) is 11.0. The number of nitrogens with zero attached hydrogens (tertiary/aromatic N) is 3. The third kappa shape index (κ3) is 5.30. The van der Waals surface area contributed by atoms with Crippen LogP contribution in [0.3, 0.4) is 0 Å². The highest BCUT2D eigenvalue weighted by atomic mass is 35.5. The number of benzene rings is 2. The highest BCUT2D eigenvalue weighted by molar-refractivity contribution is 6.30. The lowest BCUT2D eigenvalue weighted by molar-refractivity contribution is -0.392. The fraction of sp³-hybridized carbons (Fsp3) is 0.143. The molecule has 1 aromatic heterocycles. The average Bonchev–Trinajstić information content (AvgIpc) is 3.09. The number of allylic oxidation sites excluding steroid dienone is 1. The first-order valence-corrected chi connectivity index (χ1v) is 9.19. The van der Waals surface area contributed by atoms with Crippen LogP contribution < -0.4 is 4.74 Å². The number of imidazole rings is 1. The predicted octanol–water partition coefficient (Wildman–Crippen LogP) is 4.73. The largest absolute Gasteiger partial charge is 0.489 e. The summed E-state index contributed by atoms with van der Waals surface area (Å²) in [7, 11) is 0. The molecule has 7 nitrogen and oxygen atoms in total. The number of carbonyl (C=O) groups is 1. The second-order valence-corrected chi connectivity index (χ2v) is 6.63. The van der Waals surface area contributed by atoms with E-state index in [1.807, 2.05) is 12.1 Å². The third-order valence-electron chi connectivity index (χ3n) is 4.24. The van der Waals surface area contributed by atoms with Crippen molar-refractivity contribution in [3.8, 4) is 5.75 Å². The molecular weight excluding hydrogens is 394 g/mol. The predicted molar refractivity (Wildman–Crippen MR) is 110 cm³/mol. The molecular formula is C21H18ClN3O4. The van der Waals surface area contributed by atoms with E-state index in [-0.39, 0.29) is 18.2 Å². The molecule has 0 saturated carbocycles. The maximum absolute atomic E-state index is 12.3. The number of ether oxygens (including phenoxy) is 1. The first-order valence-electron chi connectivity index (χ1n) is 8.81. The minimum absolute atomic E-state index is 0.0699. The first kappa shape index (κ1) is 20.3. The number of hydrogen-bond donors (Lipinski definition) is 0. The lowest BCUT2D eigenvalue weighted by Gasteiger charge is -2.07. The van der Waals surface area contributed by atoms with Gasteiger partial charge in [-0.1, -0.05) is 29.8 Å². The Kier molecular flexibility index (Phi) is 6.41. The Bertz CT molecular complexity index is 1040. The summed E-state index contributed by atoms with van der Waals surface area (Å²) in [5.74, 6) is 0.924. The summed E-state index contributed by atoms with van der Waals surface area (Å²) in [5.41, 5.74) is 1.41. The van der Waals surface area contributed by atoms with Gasteiger partial charge in [0.1, 0.15) is 25.1 Å². The van der Waals surface area contributed by atoms with Crippen LogP contribution in [-0.2, 0) is 6.54 Å². The van der Waals surface area contributed by atoms with Crippen LogP contribution in [0.25, 0.3) is 6.08 Å². The minimum Gasteiger partial charge on any atom is -0.489 e. The van der Waals surface area contributed by atoms with E-state index in [1.165, 1.54) is 16.8 Å². The molecule has 3 aromatic rings. The molecule has 0 N–H and O–H groups in total. The first-order chi connectivity index (χ1) is 13.9. The molecule has 0 radical (unpaired) electrons. The number of nitro groups is 1. The molecule has 0 atom stereocenters. The van der Waals surface area contributed by atoms with Crippen molar-refractivity contribution in [2.75, 3.05) is 6.61 Å². The second-order valence-electron chi connectivity index (χ2n) is 6.19. The Labute approximate surface area is 172 Å². The summed E-state index contributed by atoms with van der Waals surface area (Å²) >= 11 is 5.84. The van der Waals surface area contributed by atoms with Gasteiger partial charge in [0.05, 0.1) is 0 Å². The van der Waals surface area contributed by atoms with E-state index in [0.717, 1.165) is 5.56 Å². The smallest absolute Gasteiger partial charge is 0.342 e. The van der Waals surface area contributed by atoms with Gasteiger partial charge in [-0.2, -0.15) is 0 Å². The zero-order valence-corrected chi connectivity index (χ0v) is 16.4. The number of ketones is 1. The van der Waals surface area contributed by atoms with E-state index in [1.54, 1.807) is 49.4 Å². The maximum atomic E-state index is 12.3. The van der Waals surface area contributed by atoms with Crippen molar-refractivity contribution >= 4 is 29.3 Å². The summed E-state index contributed by atoms with van der Waals surface area (Å²) < 4.78 is 7.12. The van der Waals surface area contributed by atoms with E-state index < -0.39 is 4.92 Å². The molecule has 0 spiro atoms. The van der Waals surface area contributed by atoms with E-state index in [9.17, 15) is 14.9 Å². The molecule has 1 heterocycles. The van der Waals surface area contributed by atoms with Crippen LogP contribution in [0.5, 0.6) is 5.75 Å². The molecule has 0 aliphatic rings. The van der Waals surface area contributed by atoms with Crippen LogP contribution in [0.2, 0.25) is 5.02 Å². The number of hydrogen-bond acceptors (Lipinski definition) is 5. The van der Waals surface area contributed by atoms with Crippen molar-refractivity contribution in [1.29, 1.82) is 0 Å². The van der Waals surface area contributed by atoms with Crippen molar-refractivity contribution in [3.05, 3.63) is 92.9 Å². The standard InChI is InChI=1S/C21H18ClN3O4/c1-15-23-14-21(25(27)28)24(15)12-13-29-19-9-5-17(6-10-19)20(26)11-4-16-2-7-18(22)8-3-16/h2-11,14H,12-13H2,1H3/b11-4+. The molecule has 148 valence electrons. The van der Waals surface area contributed by atoms with Gasteiger partial charge in [0.25, 0.3) is 0 Å². The fourth-order valence-corrected chi connectivity index (χ4v) is 2.82. The van der Waals surface area contributed by atoms with E-state index >= 15 is 0 Å². The van der Waals surface area contributed by atoms with Crippen molar-refractivity contribution in [2.24, 2.45) is 0 Å². The number of carbonyl (C=O) groups excluding carboxylic acids is 1. The Hall–Kier alpha value is -3.45. The van der Waals surface area contributed by atoms with Crippen LogP contribution >= 0.6 is 11.6 Å². The monoisotopic (exact) mass is 411 g/mol. The average molecular weight is 412 g/mol. The van der Waals surface area contributed by atoms with Gasteiger partial charge in [0.2, 0.25) is 0 Å². The topological polar surface area (TPSA) is 87.3 Å². The van der Waals surface area contributed by atoms with Gasteiger partial charge in [-0.15, -0.1) is 0 Å². The van der Waals surface area contributed by atoms with Crippen LogP contribution in [0, 0.1) is 17.0 Å². The van der Waals surface area contributed by atoms with Gasteiger partial charge in [0.15, 0.2) is 11.6 Å². The quantitative estimate of drug-likeness (QED) is 0.231. The number of aryl methyl sites for hydroxylation is 1. The zero-order chi connectivity index (χ0) is 20.8. The molecule has 0 saturated heterocycles. The van der Waals surface area contributed by atoms with Gasteiger partial charge < -0.3 is 14.9 Å². The molecule has 29 heavy (non-hydrogen) atoms. The molecule has 3 rings (SSSR count).